The molecule has 1 aliphatic rings. The fourth-order valence-electron chi connectivity index (χ4n) is 2.55. The smallest absolute Gasteiger partial charge is 0.315 e. The van der Waals surface area contributed by atoms with Crippen molar-refractivity contribution in [1.82, 2.24) is 4.90 Å². The number of ether oxygens (including phenoxy) is 1. The molecule has 0 unspecified atom stereocenters. The summed E-state index contributed by atoms with van der Waals surface area (Å²) >= 11 is 2.92. The van der Waals surface area contributed by atoms with Crippen LogP contribution in [0.2, 0.25) is 0 Å². The Morgan fingerprint density at radius 3 is 2.57 bits per heavy atom. The van der Waals surface area contributed by atoms with Crippen molar-refractivity contribution in [2.45, 2.75) is 6.54 Å². The van der Waals surface area contributed by atoms with Crippen LogP contribution in [0.3, 0.4) is 0 Å². The van der Waals surface area contributed by atoms with Crippen LogP contribution in [0.25, 0.3) is 6.08 Å². The molecule has 144 valence electrons. The number of rotatable bonds is 5. The normalized spacial score (nSPS) is 15.4. The van der Waals surface area contributed by atoms with E-state index in [0.29, 0.717) is 0 Å². The SMILES string of the molecule is COc1cc(/C=C2/SC(=O)N(Cc3ccc(I)cc3)C2=O)cc([N+](=O)[O-])c1O. The number of halogens is 1. The van der Waals surface area contributed by atoms with Gasteiger partial charge in [0.2, 0.25) is 5.75 Å². The fourth-order valence-corrected chi connectivity index (χ4v) is 3.75. The number of phenolic OH excluding ortho intramolecular Hbond substituents is 1. The molecule has 8 nitrogen and oxygen atoms in total. The number of nitrogens with zero attached hydrogens (tertiary/aromatic N) is 2. The average Bonchev–Trinajstić information content (AvgIpc) is 2.91. The number of hydrogen-bond donors (Lipinski definition) is 1. The minimum absolute atomic E-state index is 0.0985. The lowest BCUT2D eigenvalue weighted by Crippen LogP contribution is -2.27. The summed E-state index contributed by atoms with van der Waals surface area (Å²) in [4.78, 5) is 36.5. The number of thioether (sulfide) groups is 1. The number of hydrogen-bond acceptors (Lipinski definition) is 7. The van der Waals surface area contributed by atoms with Gasteiger partial charge in [-0.05, 0) is 69.8 Å². The molecule has 1 saturated heterocycles. The summed E-state index contributed by atoms with van der Waals surface area (Å²) in [5.41, 5.74) is 0.524. The summed E-state index contributed by atoms with van der Waals surface area (Å²) in [6, 6.07) is 9.91. The van der Waals surface area contributed by atoms with E-state index in [4.69, 9.17) is 4.74 Å². The van der Waals surface area contributed by atoms with Crippen molar-refractivity contribution in [2.24, 2.45) is 0 Å². The molecule has 28 heavy (non-hydrogen) atoms. The van der Waals surface area contributed by atoms with Crippen molar-refractivity contribution in [3.05, 3.63) is 66.1 Å². The molecule has 0 radical (unpaired) electrons. The third-order valence-electron chi connectivity index (χ3n) is 3.92. The summed E-state index contributed by atoms with van der Waals surface area (Å²) < 4.78 is 5.99. The van der Waals surface area contributed by atoms with E-state index in [0.717, 1.165) is 31.9 Å². The summed E-state index contributed by atoms with van der Waals surface area (Å²) in [7, 11) is 1.26. The predicted octanol–water partition coefficient (Wildman–Crippen LogP) is 4.15. The molecule has 0 saturated carbocycles. The zero-order valence-corrected chi connectivity index (χ0v) is 17.4. The number of benzene rings is 2. The van der Waals surface area contributed by atoms with Gasteiger partial charge in [0.25, 0.3) is 11.1 Å². The Hall–Kier alpha value is -2.60. The van der Waals surface area contributed by atoms with E-state index in [2.05, 4.69) is 22.6 Å². The van der Waals surface area contributed by atoms with E-state index < -0.39 is 27.5 Å². The summed E-state index contributed by atoms with van der Waals surface area (Å²) in [6.07, 6.45) is 1.37. The third kappa shape index (κ3) is 4.12. The molecular formula is C18H13IN2O6S. The van der Waals surface area contributed by atoms with Gasteiger partial charge in [0.15, 0.2) is 5.75 Å². The Kier molecular flexibility index (Phi) is 5.89. The van der Waals surface area contributed by atoms with Gasteiger partial charge in [-0.2, -0.15) is 0 Å². The highest BCUT2D eigenvalue weighted by molar-refractivity contribution is 14.1. The molecule has 0 aromatic heterocycles. The number of nitro benzene ring substituents is 1. The first kappa shape index (κ1) is 20.1. The Balaban J connectivity index is 1.90. The number of phenols is 1. The van der Waals surface area contributed by atoms with E-state index in [1.54, 1.807) is 0 Å². The molecule has 1 heterocycles. The van der Waals surface area contributed by atoms with E-state index in [9.17, 15) is 24.8 Å². The van der Waals surface area contributed by atoms with Gasteiger partial charge in [-0.1, -0.05) is 12.1 Å². The minimum atomic E-state index is -0.752. The Labute approximate surface area is 177 Å². The van der Waals surface area contributed by atoms with Crippen molar-refractivity contribution in [3.63, 3.8) is 0 Å². The molecule has 0 atom stereocenters. The summed E-state index contributed by atoms with van der Waals surface area (Å²) in [5, 5.41) is 20.5. The lowest BCUT2D eigenvalue weighted by Gasteiger charge is -2.12. The highest BCUT2D eigenvalue weighted by Crippen LogP contribution is 2.39. The van der Waals surface area contributed by atoms with Gasteiger partial charge in [-0.15, -0.1) is 0 Å². The van der Waals surface area contributed by atoms with E-state index >= 15 is 0 Å². The first-order valence-electron chi connectivity index (χ1n) is 7.85. The van der Waals surface area contributed by atoms with Gasteiger partial charge in [0.05, 0.1) is 23.5 Å². The van der Waals surface area contributed by atoms with Gasteiger partial charge >= 0.3 is 5.69 Å². The van der Waals surface area contributed by atoms with Gasteiger partial charge in [0, 0.05) is 9.64 Å². The highest BCUT2D eigenvalue weighted by Gasteiger charge is 2.35. The van der Waals surface area contributed by atoms with Crippen molar-refractivity contribution in [2.75, 3.05) is 7.11 Å². The van der Waals surface area contributed by atoms with Crippen LogP contribution in [-0.2, 0) is 11.3 Å². The molecule has 1 aliphatic heterocycles. The van der Waals surface area contributed by atoms with Gasteiger partial charge in [-0.3, -0.25) is 24.6 Å². The molecule has 1 fully saturated rings. The number of imide groups is 1. The van der Waals surface area contributed by atoms with Crippen LogP contribution in [0.1, 0.15) is 11.1 Å². The first-order chi connectivity index (χ1) is 13.3. The maximum atomic E-state index is 12.6. The van der Waals surface area contributed by atoms with Crippen molar-refractivity contribution >= 4 is 57.3 Å². The molecular weight excluding hydrogens is 499 g/mol. The number of amides is 2. The van der Waals surface area contributed by atoms with Gasteiger partial charge in [-0.25, -0.2) is 0 Å². The predicted molar refractivity (Wildman–Crippen MR) is 112 cm³/mol. The maximum Gasteiger partial charge on any atom is 0.315 e. The molecule has 2 amide bonds. The minimum Gasteiger partial charge on any atom is -0.500 e. The zero-order valence-electron chi connectivity index (χ0n) is 14.4. The largest absolute Gasteiger partial charge is 0.500 e. The highest BCUT2D eigenvalue weighted by atomic mass is 127. The second-order valence-electron chi connectivity index (χ2n) is 5.74. The van der Waals surface area contributed by atoms with Crippen LogP contribution in [-0.4, -0.2) is 33.2 Å². The molecule has 1 N–H and O–H groups in total. The number of carbonyl (C=O) groups excluding carboxylic acids is 2. The van der Waals surface area contributed by atoms with E-state index in [-0.39, 0.29) is 22.8 Å². The maximum absolute atomic E-state index is 12.6. The van der Waals surface area contributed by atoms with Crippen LogP contribution in [0.15, 0.2) is 41.3 Å². The van der Waals surface area contributed by atoms with E-state index in [1.165, 1.54) is 19.3 Å². The lowest BCUT2D eigenvalue weighted by molar-refractivity contribution is -0.386. The van der Waals surface area contributed by atoms with Gasteiger partial charge in [0.1, 0.15) is 0 Å². The van der Waals surface area contributed by atoms with E-state index in [1.807, 2.05) is 24.3 Å². The third-order valence-corrected chi connectivity index (χ3v) is 5.55. The second kappa shape index (κ2) is 8.19. The fraction of sp³-hybridized carbons (Fsp3) is 0.111. The van der Waals surface area contributed by atoms with Crippen LogP contribution >= 0.6 is 34.4 Å². The molecule has 2 aromatic rings. The lowest BCUT2D eigenvalue weighted by atomic mass is 10.1. The molecule has 0 bridgehead atoms. The molecule has 2 aromatic carbocycles. The standard InChI is InChI=1S/C18H13IN2O6S/c1-27-14-7-11(6-13(16(14)22)21(25)26)8-15-17(23)20(18(24)28-15)9-10-2-4-12(19)5-3-10/h2-8,22H,9H2,1H3/b15-8+. The second-order valence-corrected chi connectivity index (χ2v) is 7.98. The average molecular weight is 512 g/mol. The quantitative estimate of drug-likeness (QED) is 0.278. The Bertz CT molecular complexity index is 1010. The zero-order chi connectivity index (χ0) is 20.4. The van der Waals surface area contributed by atoms with Crippen molar-refractivity contribution < 1.29 is 24.4 Å². The van der Waals surface area contributed by atoms with Gasteiger partial charge < -0.3 is 9.84 Å². The molecule has 0 aliphatic carbocycles. The van der Waals surface area contributed by atoms with Crippen molar-refractivity contribution in [1.29, 1.82) is 0 Å². The Morgan fingerprint density at radius 1 is 1.29 bits per heavy atom. The topological polar surface area (TPSA) is 110 Å². The number of carbonyl (C=O) groups is 2. The monoisotopic (exact) mass is 512 g/mol. The summed E-state index contributed by atoms with van der Waals surface area (Å²) in [5.74, 6) is -1.18. The summed E-state index contributed by atoms with van der Waals surface area (Å²) in [6.45, 7) is 0.137. The van der Waals surface area contributed by atoms with Crippen LogP contribution in [0, 0.1) is 13.7 Å². The first-order valence-corrected chi connectivity index (χ1v) is 9.75. The molecule has 10 heteroatoms. The number of methoxy groups -OCH3 is 1. The molecule has 0 spiro atoms. The number of nitro groups is 1. The Morgan fingerprint density at radius 2 is 1.96 bits per heavy atom. The van der Waals surface area contributed by atoms with Crippen molar-refractivity contribution in [3.8, 4) is 11.5 Å². The molecule has 3 rings (SSSR count). The van der Waals surface area contributed by atoms with Crippen LogP contribution in [0.4, 0.5) is 10.5 Å². The van der Waals surface area contributed by atoms with Crippen LogP contribution in [0.5, 0.6) is 11.5 Å². The van der Waals surface area contributed by atoms with Crippen LogP contribution < -0.4 is 4.74 Å². The number of aromatic hydroxyl groups is 1.